The first kappa shape index (κ1) is 29.2. The topological polar surface area (TPSA) is 109 Å². The Hall–Kier alpha value is -2.84. The monoisotopic (exact) mass is 728 g/mol. The molecule has 3 aromatic rings. The molecule has 206 valence electrons. The third kappa shape index (κ3) is 5.59. The minimum absolute atomic E-state index is 0.0454. The summed E-state index contributed by atoms with van der Waals surface area (Å²) in [6.45, 7) is 5.82. The van der Waals surface area contributed by atoms with Crippen LogP contribution in [0.2, 0.25) is 0 Å². The highest BCUT2D eigenvalue weighted by Gasteiger charge is 2.35. The van der Waals surface area contributed by atoms with E-state index >= 15 is 0 Å². The lowest BCUT2D eigenvalue weighted by Crippen LogP contribution is -2.40. The maximum atomic E-state index is 13.9. The number of fused-ring (bicyclic) bond motifs is 1. The number of hydrogen-bond donors (Lipinski definition) is 1. The van der Waals surface area contributed by atoms with Crippen LogP contribution in [0.5, 0.6) is 23.0 Å². The van der Waals surface area contributed by atoms with E-state index in [4.69, 9.17) is 18.9 Å². The van der Waals surface area contributed by atoms with Gasteiger partial charge in [0, 0.05) is 4.47 Å². The maximum absolute atomic E-state index is 13.9. The lowest BCUT2D eigenvalue weighted by atomic mass is 9.95. The summed E-state index contributed by atoms with van der Waals surface area (Å²) >= 11 is 6.82. The summed E-state index contributed by atoms with van der Waals surface area (Å²) in [5.74, 6) is 0.748. The van der Waals surface area contributed by atoms with Crippen LogP contribution in [0.4, 0.5) is 0 Å². The third-order valence-electron chi connectivity index (χ3n) is 5.96. The smallest absolute Gasteiger partial charge is 0.338 e. The Balaban J connectivity index is 2.00. The average Bonchev–Trinajstić information content (AvgIpc) is 3.20. The van der Waals surface area contributed by atoms with Crippen molar-refractivity contribution in [2.75, 3.05) is 27.4 Å². The number of phenols is 1. The van der Waals surface area contributed by atoms with Gasteiger partial charge >= 0.3 is 5.97 Å². The molecule has 1 N–H and O–H groups in total. The number of carbonyl (C=O) groups is 1. The van der Waals surface area contributed by atoms with Crippen molar-refractivity contribution >= 4 is 61.9 Å². The van der Waals surface area contributed by atoms with Gasteiger partial charge in [-0.3, -0.25) is 9.36 Å². The van der Waals surface area contributed by atoms with E-state index in [0.29, 0.717) is 58.1 Å². The van der Waals surface area contributed by atoms with E-state index in [1.165, 1.54) is 30.1 Å². The molecule has 0 aliphatic carbocycles. The van der Waals surface area contributed by atoms with Crippen LogP contribution in [0.25, 0.3) is 6.08 Å². The SMILES string of the molecule is CCOC(=O)C1=C(C)N=c2s/c(=C\c3cc(I)c(O)c(OCC)c3)c(=O)n2[C@H]1c1cc(OC)c(OC)cc1Br. The zero-order valence-corrected chi connectivity index (χ0v) is 26.4. The van der Waals surface area contributed by atoms with Gasteiger partial charge in [-0.2, -0.15) is 0 Å². The Bertz CT molecular complexity index is 1660. The zero-order chi connectivity index (χ0) is 28.4. The third-order valence-corrected chi connectivity index (χ3v) is 8.45. The Labute approximate surface area is 250 Å². The van der Waals surface area contributed by atoms with Crippen LogP contribution in [0.1, 0.15) is 37.9 Å². The minimum atomic E-state index is -0.837. The van der Waals surface area contributed by atoms with Crippen LogP contribution in [-0.2, 0) is 9.53 Å². The van der Waals surface area contributed by atoms with Crippen molar-refractivity contribution in [2.24, 2.45) is 4.99 Å². The average molecular weight is 729 g/mol. The van der Waals surface area contributed by atoms with Gasteiger partial charge in [-0.1, -0.05) is 27.3 Å². The highest BCUT2D eigenvalue weighted by molar-refractivity contribution is 14.1. The summed E-state index contributed by atoms with van der Waals surface area (Å²) < 4.78 is 25.0. The summed E-state index contributed by atoms with van der Waals surface area (Å²) in [6, 6.07) is 6.07. The molecule has 0 bridgehead atoms. The number of aromatic hydroxyl groups is 1. The van der Waals surface area contributed by atoms with Crippen LogP contribution in [0, 0.1) is 3.57 Å². The van der Waals surface area contributed by atoms with E-state index in [0.717, 1.165) is 0 Å². The fourth-order valence-corrected chi connectivity index (χ4v) is 6.47. The number of halogens is 2. The number of rotatable bonds is 8. The van der Waals surface area contributed by atoms with E-state index in [1.54, 1.807) is 44.2 Å². The van der Waals surface area contributed by atoms with Crippen molar-refractivity contribution < 1.29 is 28.8 Å². The molecule has 39 heavy (non-hydrogen) atoms. The van der Waals surface area contributed by atoms with Gasteiger partial charge in [-0.15, -0.1) is 0 Å². The largest absolute Gasteiger partial charge is 0.504 e. The van der Waals surface area contributed by atoms with Crippen LogP contribution < -0.4 is 29.1 Å². The number of ether oxygens (including phenoxy) is 4. The fraction of sp³-hybridized carbons (Fsp3) is 0.296. The lowest BCUT2D eigenvalue weighted by molar-refractivity contribution is -0.139. The van der Waals surface area contributed by atoms with Crippen LogP contribution in [0.15, 0.2) is 49.8 Å². The summed E-state index contributed by atoms with van der Waals surface area (Å²) in [6.07, 6.45) is 1.72. The normalized spacial score (nSPS) is 15.1. The van der Waals surface area contributed by atoms with Crippen LogP contribution in [0.3, 0.4) is 0 Å². The highest BCUT2D eigenvalue weighted by atomic mass is 127. The second-order valence-electron chi connectivity index (χ2n) is 8.31. The molecule has 0 saturated carbocycles. The first-order chi connectivity index (χ1) is 18.6. The van der Waals surface area contributed by atoms with E-state index in [-0.39, 0.29) is 23.5 Å². The molecule has 2 aromatic carbocycles. The van der Waals surface area contributed by atoms with Crippen molar-refractivity contribution in [2.45, 2.75) is 26.8 Å². The Morgan fingerprint density at radius 1 is 1.15 bits per heavy atom. The number of benzene rings is 2. The van der Waals surface area contributed by atoms with Gasteiger partial charge in [-0.25, -0.2) is 9.79 Å². The number of allylic oxidation sites excluding steroid dienone is 1. The number of methoxy groups -OCH3 is 2. The summed E-state index contributed by atoms with van der Waals surface area (Å²) in [7, 11) is 3.05. The second-order valence-corrected chi connectivity index (χ2v) is 11.3. The van der Waals surface area contributed by atoms with E-state index in [1.807, 2.05) is 29.5 Å². The molecule has 0 amide bonds. The number of carbonyl (C=O) groups excluding carboxylic acids is 1. The fourth-order valence-electron chi connectivity index (χ4n) is 4.26. The van der Waals surface area contributed by atoms with Gasteiger partial charge in [0.15, 0.2) is 27.8 Å². The predicted octanol–water partition coefficient (Wildman–Crippen LogP) is 4.29. The van der Waals surface area contributed by atoms with Crippen molar-refractivity contribution in [1.82, 2.24) is 4.57 Å². The highest BCUT2D eigenvalue weighted by Crippen LogP contribution is 2.41. The van der Waals surface area contributed by atoms with E-state index < -0.39 is 12.0 Å². The molecule has 12 heteroatoms. The molecular formula is C27H26BrIN2O7S. The number of phenolic OH excluding ortho intramolecular Hbond substituents is 1. The molecule has 9 nitrogen and oxygen atoms in total. The Morgan fingerprint density at radius 3 is 2.49 bits per heavy atom. The Kier molecular flexibility index (Phi) is 9.07. The summed E-state index contributed by atoms with van der Waals surface area (Å²) in [4.78, 5) is 32.2. The quantitative estimate of drug-likeness (QED) is 0.273. The Morgan fingerprint density at radius 2 is 1.85 bits per heavy atom. The van der Waals surface area contributed by atoms with Gasteiger partial charge in [-0.05, 0) is 84.8 Å². The van der Waals surface area contributed by atoms with E-state index in [2.05, 4.69) is 20.9 Å². The molecule has 1 aromatic heterocycles. The summed E-state index contributed by atoms with van der Waals surface area (Å²) in [5, 5.41) is 10.3. The van der Waals surface area contributed by atoms with Crippen molar-refractivity contribution in [1.29, 1.82) is 0 Å². The number of esters is 1. The first-order valence-electron chi connectivity index (χ1n) is 11.9. The van der Waals surface area contributed by atoms with E-state index in [9.17, 15) is 14.7 Å². The number of nitrogens with zero attached hydrogens (tertiary/aromatic N) is 2. The number of thiazole rings is 1. The van der Waals surface area contributed by atoms with Gasteiger partial charge in [0.1, 0.15) is 0 Å². The van der Waals surface area contributed by atoms with Gasteiger partial charge < -0.3 is 24.1 Å². The maximum Gasteiger partial charge on any atom is 0.338 e. The molecule has 4 rings (SSSR count). The molecule has 0 saturated heterocycles. The first-order valence-corrected chi connectivity index (χ1v) is 14.6. The zero-order valence-electron chi connectivity index (χ0n) is 21.8. The van der Waals surface area contributed by atoms with Crippen LogP contribution in [-0.4, -0.2) is 43.1 Å². The number of hydrogen-bond acceptors (Lipinski definition) is 9. The standard InChI is InChI=1S/C27H26BrIN2O7S/c1-6-37-20-9-14(8-17(29)24(20)32)10-21-25(33)31-23(15-11-18(35-4)19(36-5)12-16(15)28)22(26(34)38-7-2)13(3)30-27(31)39-21/h8-12,23,32H,6-7H2,1-5H3/b21-10-/t23-/m0/s1. The van der Waals surface area contributed by atoms with Crippen LogP contribution >= 0.6 is 49.9 Å². The molecule has 0 radical (unpaired) electrons. The van der Waals surface area contributed by atoms with Crippen molar-refractivity contribution in [3.05, 3.63) is 74.4 Å². The van der Waals surface area contributed by atoms with Gasteiger partial charge in [0.05, 0.1) is 52.8 Å². The molecule has 1 atom stereocenters. The van der Waals surface area contributed by atoms with Crippen molar-refractivity contribution in [3.63, 3.8) is 0 Å². The summed E-state index contributed by atoms with van der Waals surface area (Å²) in [5.41, 5.74) is 1.65. The minimum Gasteiger partial charge on any atom is -0.504 e. The molecule has 1 aliphatic rings. The predicted molar refractivity (Wildman–Crippen MR) is 160 cm³/mol. The second kappa shape index (κ2) is 12.1. The number of aromatic nitrogens is 1. The molecule has 0 fully saturated rings. The van der Waals surface area contributed by atoms with Crippen molar-refractivity contribution in [3.8, 4) is 23.0 Å². The van der Waals surface area contributed by atoms with Gasteiger partial charge in [0.25, 0.3) is 5.56 Å². The molecule has 1 aliphatic heterocycles. The molecule has 0 spiro atoms. The lowest BCUT2D eigenvalue weighted by Gasteiger charge is -2.26. The molecular weight excluding hydrogens is 703 g/mol. The molecule has 0 unspecified atom stereocenters. The molecule has 2 heterocycles. The van der Waals surface area contributed by atoms with Gasteiger partial charge in [0.2, 0.25) is 0 Å².